The molecule has 0 saturated carbocycles. The van der Waals surface area contributed by atoms with E-state index < -0.39 is 5.91 Å². The van der Waals surface area contributed by atoms with Gasteiger partial charge in [-0.3, -0.25) is 9.59 Å². The van der Waals surface area contributed by atoms with Crippen LogP contribution in [0.2, 0.25) is 0 Å². The minimum absolute atomic E-state index is 0.116. The van der Waals surface area contributed by atoms with E-state index in [1.807, 2.05) is 0 Å². The highest BCUT2D eigenvalue weighted by molar-refractivity contribution is 5.99. The molecular formula is C15H19NO5. The minimum atomic E-state index is -0.459. The van der Waals surface area contributed by atoms with E-state index >= 15 is 0 Å². The van der Waals surface area contributed by atoms with Gasteiger partial charge in [0, 0.05) is 12.6 Å². The largest absolute Gasteiger partial charge is 0.507 e. The van der Waals surface area contributed by atoms with Gasteiger partial charge >= 0.3 is 5.97 Å². The number of aromatic hydroxyl groups is 2. The molecule has 1 saturated heterocycles. The standard InChI is InChI=1S/C15H19NO5/c1-21-13(19)9-10-5-2-3-8-16(10)15(20)14-11(17)6-4-7-12(14)18/h4,6-7,10,17-18H,2-3,5,8-9H2,1H3. The van der Waals surface area contributed by atoms with Crippen molar-refractivity contribution in [3.8, 4) is 11.5 Å². The Hall–Kier alpha value is -2.24. The van der Waals surface area contributed by atoms with E-state index in [2.05, 4.69) is 4.74 Å². The van der Waals surface area contributed by atoms with Crippen molar-refractivity contribution in [2.75, 3.05) is 13.7 Å². The molecular weight excluding hydrogens is 274 g/mol. The van der Waals surface area contributed by atoms with Crippen molar-refractivity contribution >= 4 is 11.9 Å². The highest BCUT2D eigenvalue weighted by Gasteiger charge is 2.31. The molecule has 1 atom stereocenters. The Balaban J connectivity index is 2.24. The van der Waals surface area contributed by atoms with Crippen LogP contribution >= 0.6 is 0 Å². The Morgan fingerprint density at radius 2 is 1.95 bits per heavy atom. The Morgan fingerprint density at radius 3 is 2.57 bits per heavy atom. The van der Waals surface area contributed by atoms with Crippen LogP contribution < -0.4 is 0 Å². The fraction of sp³-hybridized carbons (Fsp3) is 0.467. The first-order valence-corrected chi connectivity index (χ1v) is 6.93. The second-order valence-electron chi connectivity index (χ2n) is 5.10. The number of phenolic OH excluding ortho intramolecular Hbond substituents is 2. The SMILES string of the molecule is COC(=O)CC1CCCCN1C(=O)c1c(O)cccc1O. The van der Waals surface area contributed by atoms with Gasteiger partial charge in [-0.1, -0.05) is 6.07 Å². The summed E-state index contributed by atoms with van der Waals surface area (Å²) in [7, 11) is 1.31. The topological polar surface area (TPSA) is 87.1 Å². The Morgan fingerprint density at radius 1 is 1.29 bits per heavy atom. The van der Waals surface area contributed by atoms with Crippen molar-refractivity contribution in [3.05, 3.63) is 23.8 Å². The molecule has 1 amide bonds. The Bertz CT molecular complexity index is 523. The summed E-state index contributed by atoms with van der Waals surface area (Å²) in [6.45, 7) is 0.494. The normalized spacial score (nSPS) is 18.3. The first-order chi connectivity index (χ1) is 10.0. The van der Waals surface area contributed by atoms with Gasteiger partial charge in [-0.2, -0.15) is 0 Å². The Kier molecular flexibility index (Phi) is 4.67. The molecule has 6 nitrogen and oxygen atoms in total. The van der Waals surface area contributed by atoms with Gasteiger partial charge in [0.1, 0.15) is 17.1 Å². The van der Waals surface area contributed by atoms with Crippen molar-refractivity contribution in [2.24, 2.45) is 0 Å². The molecule has 114 valence electrons. The maximum absolute atomic E-state index is 12.6. The lowest BCUT2D eigenvalue weighted by molar-refractivity contribution is -0.142. The number of benzene rings is 1. The molecule has 1 aromatic carbocycles. The molecule has 1 aliphatic heterocycles. The molecule has 1 heterocycles. The zero-order valence-electron chi connectivity index (χ0n) is 11.9. The summed E-state index contributed by atoms with van der Waals surface area (Å²) < 4.78 is 4.66. The highest BCUT2D eigenvalue weighted by atomic mass is 16.5. The van der Waals surface area contributed by atoms with Crippen LogP contribution in [-0.2, 0) is 9.53 Å². The van der Waals surface area contributed by atoms with E-state index in [9.17, 15) is 19.8 Å². The number of ether oxygens (including phenoxy) is 1. The molecule has 1 aliphatic rings. The van der Waals surface area contributed by atoms with Crippen molar-refractivity contribution in [3.63, 3.8) is 0 Å². The molecule has 21 heavy (non-hydrogen) atoms. The van der Waals surface area contributed by atoms with Crippen LogP contribution in [0, 0.1) is 0 Å². The van der Waals surface area contributed by atoms with Gasteiger partial charge in [0.05, 0.1) is 13.5 Å². The molecule has 0 aromatic heterocycles. The third-order valence-corrected chi connectivity index (χ3v) is 3.75. The van der Waals surface area contributed by atoms with Gasteiger partial charge in [0.25, 0.3) is 5.91 Å². The quantitative estimate of drug-likeness (QED) is 0.828. The summed E-state index contributed by atoms with van der Waals surface area (Å²) in [5.74, 6) is -1.36. The maximum Gasteiger partial charge on any atom is 0.307 e. The predicted molar refractivity (Wildman–Crippen MR) is 75.1 cm³/mol. The van der Waals surface area contributed by atoms with Gasteiger partial charge in [0.2, 0.25) is 0 Å². The van der Waals surface area contributed by atoms with Gasteiger partial charge in [-0.05, 0) is 31.4 Å². The fourth-order valence-corrected chi connectivity index (χ4v) is 2.65. The van der Waals surface area contributed by atoms with E-state index in [-0.39, 0.29) is 35.5 Å². The lowest BCUT2D eigenvalue weighted by Crippen LogP contribution is -2.44. The van der Waals surface area contributed by atoms with Gasteiger partial charge in [0.15, 0.2) is 0 Å². The third kappa shape index (κ3) is 3.26. The number of methoxy groups -OCH3 is 1. The molecule has 2 rings (SSSR count). The molecule has 0 bridgehead atoms. The van der Waals surface area contributed by atoms with E-state index in [4.69, 9.17) is 0 Å². The first-order valence-electron chi connectivity index (χ1n) is 6.93. The highest BCUT2D eigenvalue weighted by Crippen LogP contribution is 2.30. The minimum Gasteiger partial charge on any atom is -0.507 e. The van der Waals surface area contributed by atoms with Gasteiger partial charge in [-0.15, -0.1) is 0 Å². The Labute approximate surface area is 122 Å². The number of likely N-dealkylation sites (tertiary alicyclic amines) is 1. The van der Waals surface area contributed by atoms with Crippen LogP contribution in [0.25, 0.3) is 0 Å². The maximum atomic E-state index is 12.6. The fourth-order valence-electron chi connectivity index (χ4n) is 2.65. The molecule has 0 radical (unpaired) electrons. The molecule has 2 N–H and O–H groups in total. The number of amides is 1. The number of hydrogen-bond donors (Lipinski definition) is 2. The third-order valence-electron chi connectivity index (χ3n) is 3.75. The van der Waals surface area contributed by atoms with Crippen LogP contribution in [0.15, 0.2) is 18.2 Å². The van der Waals surface area contributed by atoms with Crippen molar-refractivity contribution < 1.29 is 24.5 Å². The van der Waals surface area contributed by atoms with Crippen LogP contribution in [0.4, 0.5) is 0 Å². The molecule has 6 heteroatoms. The van der Waals surface area contributed by atoms with Gasteiger partial charge < -0.3 is 19.8 Å². The summed E-state index contributed by atoms with van der Waals surface area (Å²) in [5.41, 5.74) is -0.116. The summed E-state index contributed by atoms with van der Waals surface area (Å²) in [6.07, 6.45) is 2.59. The lowest BCUT2D eigenvalue weighted by atomic mass is 9.98. The number of carbonyl (C=O) groups excluding carboxylic acids is 2. The molecule has 1 fully saturated rings. The van der Waals surface area contributed by atoms with Crippen LogP contribution in [0.1, 0.15) is 36.0 Å². The smallest absolute Gasteiger partial charge is 0.307 e. The predicted octanol–water partition coefficient (Wildman–Crippen LogP) is 1.66. The van der Waals surface area contributed by atoms with Crippen molar-refractivity contribution in [1.82, 2.24) is 4.90 Å². The van der Waals surface area contributed by atoms with E-state index in [0.717, 1.165) is 12.8 Å². The second kappa shape index (κ2) is 6.47. The number of piperidine rings is 1. The van der Waals surface area contributed by atoms with Crippen molar-refractivity contribution in [1.29, 1.82) is 0 Å². The summed E-state index contributed by atoms with van der Waals surface area (Å²) in [4.78, 5) is 25.6. The van der Waals surface area contributed by atoms with Crippen molar-refractivity contribution in [2.45, 2.75) is 31.7 Å². The molecule has 1 aromatic rings. The van der Waals surface area contributed by atoms with Crippen LogP contribution in [0.5, 0.6) is 11.5 Å². The molecule has 0 spiro atoms. The number of carbonyl (C=O) groups is 2. The number of nitrogens with zero attached hydrogens (tertiary/aromatic N) is 1. The van der Waals surface area contributed by atoms with Crippen LogP contribution in [0.3, 0.4) is 0 Å². The zero-order chi connectivity index (χ0) is 15.4. The van der Waals surface area contributed by atoms with Crippen LogP contribution in [-0.4, -0.2) is 46.7 Å². The number of rotatable bonds is 3. The zero-order valence-corrected chi connectivity index (χ0v) is 11.9. The van der Waals surface area contributed by atoms with E-state index in [1.54, 1.807) is 0 Å². The number of phenols is 2. The van der Waals surface area contributed by atoms with E-state index in [1.165, 1.54) is 30.2 Å². The number of esters is 1. The van der Waals surface area contributed by atoms with E-state index in [0.29, 0.717) is 13.0 Å². The summed E-state index contributed by atoms with van der Waals surface area (Å²) in [5, 5.41) is 19.6. The average Bonchev–Trinajstić information content (AvgIpc) is 2.47. The molecule has 0 aliphatic carbocycles. The lowest BCUT2D eigenvalue weighted by Gasteiger charge is -2.35. The number of hydrogen-bond acceptors (Lipinski definition) is 5. The first kappa shape index (κ1) is 15.2. The summed E-state index contributed by atoms with van der Waals surface area (Å²) >= 11 is 0. The second-order valence-corrected chi connectivity index (χ2v) is 5.10. The average molecular weight is 293 g/mol. The van der Waals surface area contributed by atoms with Gasteiger partial charge in [-0.25, -0.2) is 0 Å². The molecule has 1 unspecified atom stereocenters. The summed E-state index contributed by atoms with van der Waals surface area (Å²) in [6, 6.07) is 3.90. The monoisotopic (exact) mass is 293 g/mol.